The zero-order valence-electron chi connectivity index (χ0n) is 12.1. The summed E-state index contributed by atoms with van der Waals surface area (Å²) in [7, 11) is 0. The Balaban J connectivity index is 1.97. The summed E-state index contributed by atoms with van der Waals surface area (Å²) in [4.78, 5) is 12.1. The average molecular weight is 395 g/mol. The first-order chi connectivity index (χ1) is 10.0. The fraction of sp³-hybridized carbons (Fsp3) is 0.235. The maximum atomic E-state index is 12.1. The third-order valence-corrected chi connectivity index (χ3v) is 3.52. The number of benzene rings is 2. The van der Waals surface area contributed by atoms with Gasteiger partial charge in [0.1, 0.15) is 5.75 Å². The maximum absolute atomic E-state index is 12.1. The molecule has 0 unspecified atom stereocenters. The predicted molar refractivity (Wildman–Crippen MR) is 93.9 cm³/mol. The van der Waals surface area contributed by atoms with Crippen molar-refractivity contribution in [1.82, 2.24) is 0 Å². The van der Waals surface area contributed by atoms with E-state index in [1.54, 1.807) is 12.1 Å². The molecule has 0 bridgehead atoms. The number of carbonyl (C=O) groups is 1. The molecular formula is C17H18INO2. The summed E-state index contributed by atoms with van der Waals surface area (Å²) >= 11 is 2.23. The van der Waals surface area contributed by atoms with Gasteiger partial charge in [-0.05, 0) is 77.0 Å². The van der Waals surface area contributed by atoms with Crippen molar-refractivity contribution < 1.29 is 9.53 Å². The molecule has 1 amide bonds. The molecule has 0 spiro atoms. The molecule has 21 heavy (non-hydrogen) atoms. The summed E-state index contributed by atoms with van der Waals surface area (Å²) in [5, 5.41) is 2.87. The second-order valence-corrected chi connectivity index (χ2v) is 6.44. The maximum Gasteiger partial charge on any atom is 0.255 e. The highest BCUT2D eigenvalue weighted by Gasteiger charge is 2.06. The van der Waals surface area contributed by atoms with E-state index < -0.39 is 0 Å². The molecule has 3 nitrogen and oxygen atoms in total. The van der Waals surface area contributed by atoms with Crippen molar-refractivity contribution in [3.05, 3.63) is 57.7 Å². The molecule has 4 heteroatoms. The van der Waals surface area contributed by atoms with E-state index in [4.69, 9.17) is 4.74 Å². The quantitative estimate of drug-likeness (QED) is 0.753. The molecule has 0 fully saturated rings. The summed E-state index contributed by atoms with van der Waals surface area (Å²) in [5.41, 5.74) is 1.41. The number of halogens is 1. The third-order valence-electron chi connectivity index (χ3n) is 2.80. The first-order valence-corrected chi connectivity index (χ1v) is 7.92. The fourth-order valence-electron chi connectivity index (χ4n) is 1.70. The lowest BCUT2D eigenvalue weighted by Crippen LogP contribution is -2.11. The van der Waals surface area contributed by atoms with Crippen molar-refractivity contribution in [2.45, 2.75) is 13.8 Å². The second-order valence-electron chi connectivity index (χ2n) is 5.19. The van der Waals surface area contributed by atoms with Crippen molar-refractivity contribution in [3.8, 4) is 5.75 Å². The van der Waals surface area contributed by atoms with Gasteiger partial charge in [-0.2, -0.15) is 0 Å². The van der Waals surface area contributed by atoms with Crippen LogP contribution in [0, 0.1) is 9.49 Å². The van der Waals surface area contributed by atoms with Gasteiger partial charge in [-0.1, -0.05) is 13.8 Å². The lowest BCUT2D eigenvalue weighted by molar-refractivity contribution is 0.102. The minimum absolute atomic E-state index is 0.119. The lowest BCUT2D eigenvalue weighted by Gasteiger charge is -2.09. The standard InChI is InChI=1S/C17H18INO2/c1-12(2)11-21-16-9-3-13(4-10-16)17(20)19-15-7-5-14(18)6-8-15/h3-10,12H,11H2,1-2H3,(H,19,20). The number of anilines is 1. The van der Waals surface area contributed by atoms with Crippen LogP contribution in [0.1, 0.15) is 24.2 Å². The molecule has 0 aromatic heterocycles. The van der Waals surface area contributed by atoms with E-state index in [9.17, 15) is 4.79 Å². The zero-order chi connectivity index (χ0) is 15.2. The van der Waals surface area contributed by atoms with E-state index in [0.29, 0.717) is 18.1 Å². The number of nitrogens with one attached hydrogen (secondary N) is 1. The van der Waals surface area contributed by atoms with Crippen LogP contribution in [0.3, 0.4) is 0 Å². The van der Waals surface area contributed by atoms with Gasteiger partial charge in [-0.3, -0.25) is 4.79 Å². The average Bonchev–Trinajstić information content (AvgIpc) is 2.48. The molecule has 0 aliphatic heterocycles. The molecule has 2 aromatic carbocycles. The highest BCUT2D eigenvalue weighted by atomic mass is 127. The van der Waals surface area contributed by atoms with Gasteiger partial charge in [0.05, 0.1) is 6.61 Å². The van der Waals surface area contributed by atoms with Crippen molar-refractivity contribution in [2.75, 3.05) is 11.9 Å². The van der Waals surface area contributed by atoms with Gasteiger partial charge in [0.2, 0.25) is 0 Å². The Labute approximate surface area is 138 Å². The van der Waals surface area contributed by atoms with E-state index in [1.807, 2.05) is 36.4 Å². The van der Waals surface area contributed by atoms with Gasteiger partial charge in [0.25, 0.3) is 5.91 Å². The number of ether oxygens (including phenoxy) is 1. The van der Waals surface area contributed by atoms with Gasteiger partial charge in [-0.25, -0.2) is 0 Å². The Kier molecular flexibility index (Phi) is 5.61. The number of rotatable bonds is 5. The summed E-state index contributed by atoms with van der Waals surface area (Å²) < 4.78 is 6.74. The monoisotopic (exact) mass is 395 g/mol. The van der Waals surface area contributed by atoms with Gasteiger partial charge < -0.3 is 10.1 Å². The topological polar surface area (TPSA) is 38.3 Å². The first-order valence-electron chi connectivity index (χ1n) is 6.84. The van der Waals surface area contributed by atoms with E-state index >= 15 is 0 Å². The lowest BCUT2D eigenvalue weighted by atomic mass is 10.2. The highest BCUT2D eigenvalue weighted by Crippen LogP contribution is 2.16. The summed E-state index contributed by atoms with van der Waals surface area (Å²) in [6, 6.07) is 14.9. The Morgan fingerprint density at radius 1 is 1.10 bits per heavy atom. The van der Waals surface area contributed by atoms with Crippen LogP contribution < -0.4 is 10.1 Å². The van der Waals surface area contributed by atoms with Gasteiger partial charge in [0, 0.05) is 14.8 Å². The SMILES string of the molecule is CC(C)COc1ccc(C(=O)Nc2ccc(I)cc2)cc1. The van der Waals surface area contributed by atoms with Crippen LogP contribution in [0.5, 0.6) is 5.75 Å². The minimum atomic E-state index is -0.119. The Hall–Kier alpha value is -1.56. The first kappa shape index (κ1) is 15.8. The smallest absolute Gasteiger partial charge is 0.255 e. The molecule has 110 valence electrons. The molecule has 0 saturated carbocycles. The largest absolute Gasteiger partial charge is 0.493 e. The molecule has 0 aliphatic rings. The normalized spacial score (nSPS) is 10.5. The summed E-state index contributed by atoms with van der Waals surface area (Å²) in [5.74, 6) is 1.15. The Morgan fingerprint density at radius 2 is 1.71 bits per heavy atom. The van der Waals surface area contributed by atoms with Crippen LogP contribution in [-0.4, -0.2) is 12.5 Å². The van der Waals surface area contributed by atoms with Crippen LogP contribution in [-0.2, 0) is 0 Å². The molecule has 0 saturated heterocycles. The fourth-order valence-corrected chi connectivity index (χ4v) is 2.06. The molecule has 0 heterocycles. The third kappa shape index (κ3) is 5.04. The van der Waals surface area contributed by atoms with Crippen LogP contribution >= 0.6 is 22.6 Å². The number of hydrogen-bond acceptors (Lipinski definition) is 2. The predicted octanol–water partition coefficient (Wildman–Crippen LogP) is 4.58. The van der Waals surface area contributed by atoms with Gasteiger partial charge >= 0.3 is 0 Å². The Bertz CT molecular complexity index is 591. The molecule has 1 N–H and O–H groups in total. The molecule has 2 aromatic rings. The van der Waals surface area contributed by atoms with E-state index in [-0.39, 0.29) is 5.91 Å². The van der Waals surface area contributed by atoms with E-state index in [0.717, 1.165) is 15.0 Å². The molecule has 0 radical (unpaired) electrons. The molecule has 0 aliphatic carbocycles. The van der Waals surface area contributed by atoms with Crippen molar-refractivity contribution in [2.24, 2.45) is 5.92 Å². The summed E-state index contributed by atoms with van der Waals surface area (Å²) in [6.45, 7) is 4.87. The second kappa shape index (κ2) is 7.45. The van der Waals surface area contributed by atoms with Crippen LogP contribution in [0.2, 0.25) is 0 Å². The van der Waals surface area contributed by atoms with Crippen LogP contribution in [0.4, 0.5) is 5.69 Å². The van der Waals surface area contributed by atoms with Crippen molar-refractivity contribution >= 4 is 34.2 Å². The molecule has 0 atom stereocenters. The van der Waals surface area contributed by atoms with Gasteiger partial charge in [-0.15, -0.1) is 0 Å². The van der Waals surface area contributed by atoms with Gasteiger partial charge in [0.15, 0.2) is 0 Å². The van der Waals surface area contributed by atoms with E-state index in [1.165, 1.54) is 0 Å². The highest BCUT2D eigenvalue weighted by molar-refractivity contribution is 14.1. The number of carbonyl (C=O) groups excluding carboxylic acids is 1. The zero-order valence-corrected chi connectivity index (χ0v) is 14.3. The van der Waals surface area contributed by atoms with Crippen LogP contribution in [0.25, 0.3) is 0 Å². The molecular weight excluding hydrogens is 377 g/mol. The molecule has 2 rings (SSSR count). The minimum Gasteiger partial charge on any atom is -0.493 e. The van der Waals surface area contributed by atoms with Crippen molar-refractivity contribution in [1.29, 1.82) is 0 Å². The number of amides is 1. The Morgan fingerprint density at radius 3 is 2.29 bits per heavy atom. The summed E-state index contributed by atoms with van der Waals surface area (Å²) in [6.07, 6.45) is 0. The van der Waals surface area contributed by atoms with Crippen molar-refractivity contribution in [3.63, 3.8) is 0 Å². The number of hydrogen-bond donors (Lipinski definition) is 1. The van der Waals surface area contributed by atoms with Crippen LogP contribution in [0.15, 0.2) is 48.5 Å². The van der Waals surface area contributed by atoms with E-state index in [2.05, 4.69) is 41.8 Å².